The third-order valence-electron chi connectivity index (χ3n) is 2.88. The molecule has 1 saturated heterocycles. The van der Waals surface area contributed by atoms with E-state index in [-0.39, 0.29) is 11.9 Å². The van der Waals surface area contributed by atoms with E-state index in [0.717, 1.165) is 30.1 Å². The summed E-state index contributed by atoms with van der Waals surface area (Å²) < 4.78 is 19.1. The number of aliphatic hydroxyl groups excluding tert-OH is 1. The van der Waals surface area contributed by atoms with Gasteiger partial charge in [-0.2, -0.15) is 0 Å². The average Bonchev–Trinajstić information content (AvgIpc) is 2.78. The van der Waals surface area contributed by atoms with Crippen molar-refractivity contribution in [3.05, 3.63) is 29.6 Å². The fourth-order valence-corrected chi connectivity index (χ4v) is 3.23. The predicted molar refractivity (Wildman–Crippen MR) is 66.7 cm³/mol. The van der Waals surface area contributed by atoms with Crippen LogP contribution in [0.5, 0.6) is 0 Å². The molecule has 1 fully saturated rings. The molecule has 1 heterocycles. The first-order chi connectivity index (χ1) is 8.18. The van der Waals surface area contributed by atoms with E-state index >= 15 is 0 Å². The molecule has 1 aliphatic rings. The molecular formula is C13H17FO2S. The standard InChI is InChI=1S/C13H17FO2S/c1-9(15)13-11(14)5-2-6-12(13)17-8-10-4-3-7-16-10/h2,5-6,9-10,15H,3-4,7-8H2,1H3/t9-,10?/m1/s1. The van der Waals surface area contributed by atoms with Crippen molar-refractivity contribution in [1.29, 1.82) is 0 Å². The molecule has 2 atom stereocenters. The van der Waals surface area contributed by atoms with Gasteiger partial charge in [0, 0.05) is 22.8 Å². The molecule has 0 spiro atoms. The van der Waals surface area contributed by atoms with Gasteiger partial charge in [0.1, 0.15) is 5.82 Å². The zero-order valence-corrected chi connectivity index (χ0v) is 10.7. The van der Waals surface area contributed by atoms with Crippen molar-refractivity contribution in [3.8, 4) is 0 Å². The first-order valence-corrected chi connectivity index (χ1v) is 6.88. The summed E-state index contributed by atoms with van der Waals surface area (Å²) in [7, 11) is 0. The molecule has 4 heteroatoms. The molecule has 0 aliphatic carbocycles. The number of ether oxygens (including phenoxy) is 1. The Bertz CT molecular complexity index is 376. The molecule has 0 bridgehead atoms. The van der Waals surface area contributed by atoms with Gasteiger partial charge in [0.05, 0.1) is 12.2 Å². The molecule has 17 heavy (non-hydrogen) atoms. The van der Waals surface area contributed by atoms with Gasteiger partial charge in [-0.3, -0.25) is 0 Å². The average molecular weight is 256 g/mol. The number of hydrogen-bond acceptors (Lipinski definition) is 3. The van der Waals surface area contributed by atoms with Gasteiger partial charge >= 0.3 is 0 Å². The first-order valence-electron chi connectivity index (χ1n) is 5.89. The Morgan fingerprint density at radius 2 is 2.41 bits per heavy atom. The zero-order valence-electron chi connectivity index (χ0n) is 9.86. The minimum Gasteiger partial charge on any atom is -0.389 e. The van der Waals surface area contributed by atoms with Gasteiger partial charge in [0.25, 0.3) is 0 Å². The molecule has 0 amide bonds. The van der Waals surface area contributed by atoms with Crippen LogP contribution < -0.4 is 0 Å². The monoisotopic (exact) mass is 256 g/mol. The van der Waals surface area contributed by atoms with Gasteiger partial charge in [-0.1, -0.05) is 6.07 Å². The SMILES string of the molecule is C[C@@H](O)c1c(F)cccc1SCC1CCCO1. The molecule has 1 aromatic rings. The van der Waals surface area contributed by atoms with Crippen LogP contribution in [0.1, 0.15) is 31.4 Å². The summed E-state index contributed by atoms with van der Waals surface area (Å²) in [6.45, 7) is 2.42. The molecular weight excluding hydrogens is 239 g/mol. The lowest BCUT2D eigenvalue weighted by atomic mass is 10.1. The largest absolute Gasteiger partial charge is 0.389 e. The maximum absolute atomic E-state index is 13.6. The van der Waals surface area contributed by atoms with E-state index in [1.807, 2.05) is 6.07 Å². The molecule has 2 nitrogen and oxygen atoms in total. The van der Waals surface area contributed by atoms with E-state index in [1.165, 1.54) is 6.07 Å². The number of halogens is 1. The summed E-state index contributed by atoms with van der Waals surface area (Å²) in [6.07, 6.45) is 1.68. The topological polar surface area (TPSA) is 29.5 Å². The lowest BCUT2D eigenvalue weighted by Gasteiger charge is -2.14. The van der Waals surface area contributed by atoms with Crippen molar-refractivity contribution in [3.63, 3.8) is 0 Å². The maximum Gasteiger partial charge on any atom is 0.130 e. The van der Waals surface area contributed by atoms with Crippen LogP contribution in [0, 0.1) is 5.82 Å². The van der Waals surface area contributed by atoms with Crippen LogP contribution in [0.15, 0.2) is 23.1 Å². The van der Waals surface area contributed by atoms with Crippen LogP contribution in [-0.2, 0) is 4.74 Å². The van der Waals surface area contributed by atoms with Crippen molar-refractivity contribution < 1.29 is 14.2 Å². The zero-order chi connectivity index (χ0) is 12.3. The number of hydrogen-bond donors (Lipinski definition) is 1. The molecule has 1 unspecified atom stereocenters. The number of rotatable bonds is 4. The van der Waals surface area contributed by atoms with Gasteiger partial charge in [0.15, 0.2) is 0 Å². The third-order valence-corrected chi connectivity index (χ3v) is 4.08. The van der Waals surface area contributed by atoms with E-state index in [9.17, 15) is 9.50 Å². The fourth-order valence-electron chi connectivity index (χ4n) is 2.01. The summed E-state index contributed by atoms with van der Waals surface area (Å²) in [4.78, 5) is 0.815. The van der Waals surface area contributed by atoms with Crippen molar-refractivity contribution in [2.45, 2.75) is 36.9 Å². The number of benzene rings is 1. The van der Waals surface area contributed by atoms with Crippen LogP contribution >= 0.6 is 11.8 Å². The second-order valence-corrected chi connectivity index (χ2v) is 5.34. The smallest absolute Gasteiger partial charge is 0.130 e. The molecule has 94 valence electrons. The Kier molecular flexibility index (Phi) is 4.42. The number of thioether (sulfide) groups is 1. The summed E-state index contributed by atoms with van der Waals surface area (Å²) in [6, 6.07) is 4.92. The van der Waals surface area contributed by atoms with Crippen LogP contribution in [0.25, 0.3) is 0 Å². The Balaban J connectivity index is 2.06. The molecule has 0 radical (unpaired) electrons. The van der Waals surface area contributed by atoms with Crippen LogP contribution in [-0.4, -0.2) is 23.6 Å². The van der Waals surface area contributed by atoms with Crippen molar-refractivity contribution >= 4 is 11.8 Å². The Morgan fingerprint density at radius 1 is 1.59 bits per heavy atom. The highest BCUT2D eigenvalue weighted by Gasteiger charge is 2.18. The summed E-state index contributed by atoms with van der Waals surface area (Å²) >= 11 is 1.56. The molecule has 2 rings (SSSR count). The summed E-state index contributed by atoms with van der Waals surface area (Å²) in [5, 5.41) is 9.59. The second kappa shape index (κ2) is 5.85. The lowest BCUT2D eigenvalue weighted by molar-refractivity contribution is 0.129. The Labute approximate surface area is 105 Å². The van der Waals surface area contributed by atoms with Crippen LogP contribution in [0.2, 0.25) is 0 Å². The van der Waals surface area contributed by atoms with Crippen molar-refractivity contribution in [2.75, 3.05) is 12.4 Å². The van der Waals surface area contributed by atoms with Gasteiger partial charge in [-0.25, -0.2) is 4.39 Å². The number of aliphatic hydroxyl groups is 1. The normalized spacial score (nSPS) is 21.7. The highest BCUT2D eigenvalue weighted by atomic mass is 32.2. The third kappa shape index (κ3) is 3.21. The van der Waals surface area contributed by atoms with E-state index in [0.29, 0.717) is 5.56 Å². The van der Waals surface area contributed by atoms with Crippen molar-refractivity contribution in [1.82, 2.24) is 0 Å². The lowest BCUT2D eigenvalue weighted by Crippen LogP contribution is -2.08. The van der Waals surface area contributed by atoms with Crippen LogP contribution in [0.3, 0.4) is 0 Å². The maximum atomic E-state index is 13.6. The molecule has 1 N–H and O–H groups in total. The van der Waals surface area contributed by atoms with Gasteiger partial charge < -0.3 is 9.84 Å². The minimum atomic E-state index is -0.775. The predicted octanol–water partition coefficient (Wildman–Crippen LogP) is 3.15. The van der Waals surface area contributed by atoms with Gasteiger partial charge in [0.2, 0.25) is 0 Å². The van der Waals surface area contributed by atoms with Gasteiger partial charge in [-0.15, -0.1) is 11.8 Å². The highest BCUT2D eigenvalue weighted by Crippen LogP contribution is 2.31. The van der Waals surface area contributed by atoms with E-state index in [2.05, 4.69) is 0 Å². The molecule has 1 aromatic carbocycles. The van der Waals surface area contributed by atoms with E-state index < -0.39 is 6.10 Å². The fraction of sp³-hybridized carbons (Fsp3) is 0.538. The molecule has 1 aliphatic heterocycles. The molecule has 0 aromatic heterocycles. The Hall–Kier alpha value is -0.580. The second-order valence-electron chi connectivity index (χ2n) is 4.27. The minimum absolute atomic E-state index is 0.269. The Morgan fingerprint density at radius 3 is 3.06 bits per heavy atom. The van der Waals surface area contributed by atoms with E-state index in [4.69, 9.17) is 4.74 Å². The first kappa shape index (κ1) is 12.9. The highest BCUT2D eigenvalue weighted by molar-refractivity contribution is 7.99. The van der Waals surface area contributed by atoms with Crippen molar-refractivity contribution in [2.24, 2.45) is 0 Å². The van der Waals surface area contributed by atoms with Crippen LogP contribution in [0.4, 0.5) is 4.39 Å². The summed E-state index contributed by atoms with van der Waals surface area (Å²) in [5.74, 6) is 0.487. The molecule has 0 saturated carbocycles. The quantitative estimate of drug-likeness (QED) is 0.839. The summed E-state index contributed by atoms with van der Waals surface area (Å²) in [5.41, 5.74) is 0.399. The van der Waals surface area contributed by atoms with Gasteiger partial charge in [-0.05, 0) is 31.9 Å². The van der Waals surface area contributed by atoms with E-state index in [1.54, 1.807) is 24.8 Å².